The van der Waals surface area contributed by atoms with Crippen molar-refractivity contribution in [3.63, 3.8) is 0 Å². The van der Waals surface area contributed by atoms with E-state index >= 15 is 0 Å². The van der Waals surface area contributed by atoms with Gasteiger partial charge in [-0.05, 0) is 49.2 Å². The lowest BCUT2D eigenvalue weighted by molar-refractivity contribution is -0.113. The Morgan fingerprint density at radius 3 is 2.39 bits per heavy atom. The van der Waals surface area contributed by atoms with Crippen molar-refractivity contribution < 1.29 is 9.90 Å². The van der Waals surface area contributed by atoms with Crippen LogP contribution in [0.15, 0.2) is 39.3 Å². The largest absolute Gasteiger partial charge is 0.511 e. The van der Waals surface area contributed by atoms with Crippen LogP contribution in [0, 0.1) is 0 Å². The van der Waals surface area contributed by atoms with Crippen molar-refractivity contribution in [1.82, 2.24) is 10.2 Å². The number of aliphatic hydroxyl groups is 1. The lowest BCUT2D eigenvalue weighted by atomic mass is 10.0. The first-order valence-electron chi connectivity index (χ1n) is 7.16. The molecule has 1 aromatic carbocycles. The van der Waals surface area contributed by atoms with E-state index in [2.05, 4.69) is 41.5 Å². The Hall–Kier alpha value is -1.86. The van der Waals surface area contributed by atoms with Crippen molar-refractivity contribution in [2.45, 2.75) is 38.0 Å². The lowest BCUT2D eigenvalue weighted by Crippen LogP contribution is -1.95. The minimum atomic E-state index is -0.191. The summed E-state index contributed by atoms with van der Waals surface area (Å²) in [6.45, 7) is 7.21. The maximum Gasteiger partial charge on any atom is 0.210 e. The van der Waals surface area contributed by atoms with Crippen LogP contribution in [-0.4, -0.2) is 21.1 Å². The molecule has 0 amide bonds. The maximum absolute atomic E-state index is 11.5. The van der Waals surface area contributed by atoms with Crippen molar-refractivity contribution in [3.05, 3.63) is 40.5 Å². The fourth-order valence-corrected chi connectivity index (χ4v) is 3.56. The molecule has 0 unspecified atom stereocenters. The quantitative estimate of drug-likeness (QED) is 0.440. The van der Waals surface area contributed by atoms with Crippen LogP contribution in [0.1, 0.15) is 39.2 Å². The van der Waals surface area contributed by atoms with Gasteiger partial charge in [-0.2, -0.15) is 0 Å². The number of nitrogens with one attached hydrogen (secondary N) is 1. The highest BCUT2D eigenvalue weighted by molar-refractivity contribution is 8.05. The molecule has 23 heavy (non-hydrogen) atoms. The monoisotopic (exact) mass is 349 g/mol. The van der Waals surface area contributed by atoms with Gasteiger partial charge >= 0.3 is 0 Å². The van der Waals surface area contributed by atoms with E-state index in [9.17, 15) is 9.90 Å². The van der Waals surface area contributed by atoms with Crippen LogP contribution in [0.2, 0.25) is 0 Å². The van der Waals surface area contributed by atoms with Crippen molar-refractivity contribution in [3.8, 4) is 0 Å². The number of carbonyl (C=O) groups is 1. The smallest absolute Gasteiger partial charge is 0.210 e. The number of benzene rings is 1. The van der Waals surface area contributed by atoms with E-state index in [1.807, 2.05) is 12.1 Å². The second-order valence-corrected chi connectivity index (χ2v) is 7.58. The molecule has 0 saturated carbocycles. The van der Waals surface area contributed by atoms with Gasteiger partial charge in [-0.15, -0.1) is 10.2 Å². The zero-order valence-electron chi connectivity index (χ0n) is 13.5. The van der Waals surface area contributed by atoms with Crippen LogP contribution in [0.4, 0.5) is 10.8 Å². The third kappa shape index (κ3) is 4.80. The Balaban J connectivity index is 2.07. The number of ketones is 1. The SMILES string of the molecule is CC(=O)C(Sc1nnc(Nc2ccc(C(C)C)cc2)s1)=C(C)O. The first kappa shape index (κ1) is 17.5. The second kappa shape index (κ2) is 7.61. The van der Waals surface area contributed by atoms with Gasteiger partial charge in [0.15, 0.2) is 10.1 Å². The van der Waals surface area contributed by atoms with Gasteiger partial charge in [0.05, 0.1) is 4.91 Å². The van der Waals surface area contributed by atoms with Crippen molar-refractivity contribution >= 4 is 39.7 Å². The molecule has 7 heteroatoms. The van der Waals surface area contributed by atoms with E-state index in [0.29, 0.717) is 15.4 Å². The average molecular weight is 349 g/mol. The molecule has 0 atom stereocenters. The first-order valence-corrected chi connectivity index (χ1v) is 8.79. The molecular formula is C16H19N3O2S2. The van der Waals surface area contributed by atoms with Crippen LogP contribution in [0.5, 0.6) is 0 Å². The minimum Gasteiger partial charge on any atom is -0.511 e. The molecule has 2 rings (SSSR count). The van der Waals surface area contributed by atoms with Crippen LogP contribution in [0.25, 0.3) is 0 Å². The second-order valence-electron chi connectivity index (χ2n) is 5.35. The van der Waals surface area contributed by atoms with Crippen molar-refractivity contribution in [2.75, 3.05) is 5.32 Å². The Morgan fingerprint density at radius 2 is 1.87 bits per heavy atom. The summed E-state index contributed by atoms with van der Waals surface area (Å²) in [6.07, 6.45) is 0. The summed E-state index contributed by atoms with van der Waals surface area (Å²) in [4.78, 5) is 11.8. The summed E-state index contributed by atoms with van der Waals surface area (Å²) in [6, 6.07) is 8.16. The summed E-state index contributed by atoms with van der Waals surface area (Å²) < 4.78 is 0.602. The van der Waals surface area contributed by atoms with E-state index in [1.54, 1.807) is 0 Å². The zero-order chi connectivity index (χ0) is 17.0. The molecule has 1 heterocycles. The van der Waals surface area contributed by atoms with E-state index in [0.717, 1.165) is 17.4 Å². The zero-order valence-corrected chi connectivity index (χ0v) is 15.1. The number of carbonyl (C=O) groups excluding carboxylic acids is 1. The van der Waals surface area contributed by atoms with Crippen molar-refractivity contribution in [1.29, 1.82) is 0 Å². The lowest BCUT2D eigenvalue weighted by Gasteiger charge is -2.06. The van der Waals surface area contributed by atoms with Crippen LogP contribution in [-0.2, 0) is 4.79 Å². The Labute approximate surface area is 143 Å². The minimum absolute atomic E-state index is 0.00326. The molecule has 0 aliphatic rings. The third-order valence-corrected chi connectivity index (χ3v) is 5.25. The number of thioether (sulfide) groups is 1. The number of aromatic nitrogens is 2. The van der Waals surface area contributed by atoms with Crippen molar-refractivity contribution in [2.24, 2.45) is 0 Å². The average Bonchev–Trinajstić information content (AvgIpc) is 2.92. The van der Waals surface area contributed by atoms with Gasteiger partial charge in [0.2, 0.25) is 5.13 Å². The number of nitrogens with zero attached hydrogens (tertiary/aromatic N) is 2. The van der Waals surface area contributed by atoms with Gasteiger partial charge in [-0.25, -0.2) is 0 Å². The Morgan fingerprint density at radius 1 is 1.22 bits per heavy atom. The van der Waals surface area contributed by atoms with Gasteiger partial charge < -0.3 is 10.4 Å². The number of rotatable bonds is 6. The third-order valence-electron chi connectivity index (χ3n) is 3.07. The van der Waals surface area contributed by atoms with Crippen LogP contribution < -0.4 is 5.32 Å². The molecule has 2 aromatic rings. The molecule has 0 aliphatic heterocycles. The number of hydrogen-bond donors (Lipinski definition) is 2. The fourth-order valence-electron chi connectivity index (χ4n) is 1.86. The van der Waals surface area contributed by atoms with Gasteiger partial charge in [0, 0.05) is 5.69 Å². The highest BCUT2D eigenvalue weighted by atomic mass is 32.2. The first-order chi connectivity index (χ1) is 10.9. The molecule has 2 N–H and O–H groups in total. The molecule has 0 bridgehead atoms. The van der Waals surface area contributed by atoms with Gasteiger partial charge in [0.1, 0.15) is 5.76 Å². The molecule has 0 saturated heterocycles. The number of hydrogen-bond acceptors (Lipinski definition) is 7. The molecule has 0 spiro atoms. The van der Waals surface area contributed by atoms with E-state index in [-0.39, 0.29) is 16.4 Å². The van der Waals surface area contributed by atoms with E-state index < -0.39 is 0 Å². The number of Topliss-reactive ketones (excluding diaryl/α,β-unsaturated/α-hetero) is 1. The summed E-state index contributed by atoms with van der Waals surface area (Å²) in [5.74, 6) is 0.299. The van der Waals surface area contributed by atoms with Gasteiger partial charge in [-0.3, -0.25) is 4.79 Å². The Bertz CT molecular complexity index is 717. The van der Waals surface area contributed by atoms with Crippen LogP contribution >= 0.6 is 23.1 Å². The Kier molecular flexibility index (Phi) is 5.79. The molecule has 0 aliphatic carbocycles. The van der Waals surface area contributed by atoms with Gasteiger partial charge in [0.25, 0.3) is 0 Å². The van der Waals surface area contributed by atoms with Gasteiger partial charge in [-0.1, -0.05) is 37.3 Å². The van der Waals surface area contributed by atoms with Crippen LogP contribution in [0.3, 0.4) is 0 Å². The number of allylic oxidation sites excluding steroid dienone is 2. The maximum atomic E-state index is 11.5. The summed E-state index contributed by atoms with van der Waals surface area (Å²) in [5, 5.41) is 21.5. The molecule has 5 nitrogen and oxygen atoms in total. The summed E-state index contributed by atoms with van der Waals surface area (Å²) >= 11 is 2.46. The summed E-state index contributed by atoms with van der Waals surface area (Å²) in [7, 11) is 0. The summed E-state index contributed by atoms with van der Waals surface area (Å²) in [5.41, 5.74) is 2.21. The molecule has 122 valence electrons. The fraction of sp³-hybridized carbons (Fsp3) is 0.312. The number of aliphatic hydroxyl groups excluding tert-OH is 1. The number of anilines is 2. The van der Waals surface area contributed by atoms with E-state index in [4.69, 9.17) is 0 Å². The molecule has 0 radical (unpaired) electrons. The molecule has 0 fully saturated rings. The molecule has 1 aromatic heterocycles. The topological polar surface area (TPSA) is 75.1 Å². The highest BCUT2D eigenvalue weighted by Gasteiger charge is 2.14. The molecular weight excluding hydrogens is 330 g/mol. The standard InChI is InChI=1S/C16H19N3O2S2/c1-9(2)12-5-7-13(8-6-12)17-15-18-19-16(23-15)22-14(10(3)20)11(4)21/h5-9,20H,1-4H3,(H,17,18). The normalized spacial score (nSPS) is 12.2. The predicted molar refractivity (Wildman–Crippen MR) is 95.6 cm³/mol. The van der Waals surface area contributed by atoms with E-state index in [1.165, 1.54) is 30.7 Å². The highest BCUT2D eigenvalue weighted by Crippen LogP contribution is 2.34. The predicted octanol–water partition coefficient (Wildman–Crippen LogP) is 4.88.